The van der Waals surface area contributed by atoms with Crippen LogP contribution in [0.2, 0.25) is 0 Å². The van der Waals surface area contributed by atoms with Crippen molar-refractivity contribution in [1.82, 2.24) is 4.98 Å². The number of anilines is 1. The summed E-state index contributed by atoms with van der Waals surface area (Å²) in [6.07, 6.45) is 1.32. The average Bonchev–Trinajstić information content (AvgIpc) is 3.30. The number of hydrogen-bond acceptors (Lipinski definition) is 7. The molecule has 0 spiro atoms. The zero-order chi connectivity index (χ0) is 23.1. The molecule has 162 valence electrons. The minimum Gasteiger partial charge on any atom is -0.455 e. The molecule has 1 aromatic heterocycles. The van der Waals surface area contributed by atoms with Gasteiger partial charge in [-0.3, -0.25) is 9.59 Å². The van der Waals surface area contributed by atoms with Gasteiger partial charge in [-0.2, -0.15) is 0 Å². The molecule has 2 N–H and O–H groups in total. The Hall–Kier alpha value is -4.59. The summed E-state index contributed by atoms with van der Waals surface area (Å²) in [5.41, 5.74) is 7.57. The van der Waals surface area contributed by atoms with Crippen LogP contribution in [0, 0.1) is 5.82 Å². The van der Waals surface area contributed by atoms with Crippen molar-refractivity contribution in [2.75, 3.05) is 5.73 Å². The second-order valence-electron chi connectivity index (χ2n) is 7.38. The highest BCUT2D eigenvalue weighted by molar-refractivity contribution is 6.30. The largest absolute Gasteiger partial charge is 0.455 e. The number of hydrogen-bond donors (Lipinski definition) is 1. The fourth-order valence-corrected chi connectivity index (χ4v) is 3.71. The highest BCUT2D eigenvalue weighted by atomic mass is 19.1. The summed E-state index contributed by atoms with van der Waals surface area (Å²) < 4.78 is 23.7. The first-order valence-electron chi connectivity index (χ1n) is 9.92. The number of carbonyl (C=O) groups is 3. The number of fused-ring (bicyclic) bond motifs is 2. The number of nitrogen functional groups attached to an aromatic ring is 1. The summed E-state index contributed by atoms with van der Waals surface area (Å²) in [5, 5.41) is 0. The topological polar surface area (TPSA) is 112 Å². The van der Waals surface area contributed by atoms with Gasteiger partial charge < -0.3 is 14.9 Å². The maximum Gasteiger partial charge on any atom is 0.340 e. The maximum absolute atomic E-state index is 13.1. The Labute approximate surface area is 186 Å². The van der Waals surface area contributed by atoms with Crippen LogP contribution in [0.3, 0.4) is 0 Å². The van der Waals surface area contributed by atoms with Crippen LogP contribution in [-0.2, 0) is 11.3 Å². The van der Waals surface area contributed by atoms with Gasteiger partial charge in [0.2, 0.25) is 5.89 Å². The number of nitrogens with zero attached hydrogens (tertiary/aromatic N) is 1. The minimum atomic E-state index is -0.777. The summed E-state index contributed by atoms with van der Waals surface area (Å²) in [6, 6.07) is 14.8. The van der Waals surface area contributed by atoms with Crippen LogP contribution < -0.4 is 5.73 Å². The van der Waals surface area contributed by atoms with Gasteiger partial charge in [0.15, 0.2) is 11.6 Å². The third-order valence-corrected chi connectivity index (χ3v) is 5.35. The molecule has 0 unspecified atom stereocenters. The predicted octanol–water partition coefficient (Wildman–Crippen LogP) is 4.20. The fourth-order valence-electron chi connectivity index (χ4n) is 3.71. The van der Waals surface area contributed by atoms with Crippen LogP contribution >= 0.6 is 0 Å². The van der Waals surface area contributed by atoms with E-state index in [4.69, 9.17) is 14.9 Å². The van der Waals surface area contributed by atoms with E-state index in [1.165, 1.54) is 42.7 Å². The number of ketones is 2. The summed E-state index contributed by atoms with van der Waals surface area (Å²) in [4.78, 5) is 42.6. The highest BCUT2D eigenvalue weighted by Gasteiger charge is 2.33. The van der Waals surface area contributed by atoms with E-state index in [-0.39, 0.29) is 52.0 Å². The molecule has 0 atom stereocenters. The molecule has 1 aliphatic carbocycles. The van der Waals surface area contributed by atoms with Crippen LogP contribution in [0.15, 0.2) is 71.3 Å². The second-order valence-corrected chi connectivity index (χ2v) is 7.38. The number of benzene rings is 3. The molecule has 1 aliphatic rings. The zero-order valence-corrected chi connectivity index (χ0v) is 17.0. The van der Waals surface area contributed by atoms with Gasteiger partial charge in [-0.15, -0.1) is 0 Å². The Morgan fingerprint density at radius 3 is 2.36 bits per heavy atom. The molecule has 8 heteroatoms. The zero-order valence-electron chi connectivity index (χ0n) is 17.0. The van der Waals surface area contributed by atoms with E-state index in [2.05, 4.69) is 4.98 Å². The molecule has 0 radical (unpaired) electrons. The van der Waals surface area contributed by atoms with Crippen molar-refractivity contribution < 1.29 is 27.9 Å². The van der Waals surface area contributed by atoms with Crippen molar-refractivity contribution in [3.8, 4) is 11.5 Å². The van der Waals surface area contributed by atoms with E-state index in [1.807, 2.05) is 0 Å². The van der Waals surface area contributed by atoms with Gasteiger partial charge in [0, 0.05) is 22.3 Å². The lowest BCUT2D eigenvalue weighted by Gasteiger charge is -2.20. The van der Waals surface area contributed by atoms with Gasteiger partial charge in [-0.25, -0.2) is 14.2 Å². The molecular weight excluding hydrogens is 427 g/mol. The summed E-state index contributed by atoms with van der Waals surface area (Å²) in [7, 11) is 0. The van der Waals surface area contributed by atoms with E-state index < -0.39 is 11.8 Å². The first-order chi connectivity index (χ1) is 15.9. The number of carbonyl (C=O) groups excluding carboxylic acids is 3. The lowest BCUT2D eigenvalue weighted by Crippen LogP contribution is -2.24. The molecule has 0 saturated carbocycles. The standard InChI is InChI=1S/C25H15FN2O5/c26-14-7-5-13(6-8-14)24-28-15(11-32-24)12-33-25(31)19-10-9-18-20(21(19)27)23(30)17-4-2-1-3-16(17)22(18)29/h1-11H,12,27H2. The number of nitrogens with two attached hydrogens (primary N) is 1. The van der Waals surface area contributed by atoms with Crippen LogP contribution in [-0.4, -0.2) is 22.5 Å². The molecule has 0 aliphatic heterocycles. The maximum atomic E-state index is 13.1. The lowest BCUT2D eigenvalue weighted by molar-refractivity contribution is 0.0468. The van der Waals surface area contributed by atoms with E-state index >= 15 is 0 Å². The van der Waals surface area contributed by atoms with Crippen molar-refractivity contribution in [3.63, 3.8) is 0 Å². The van der Waals surface area contributed by atoms with E-state index in [9.17, 15) is 18.8 Å². The number of oxazole rings is 1. The van der Waals surface area contributed by atoms with Crippen LogP contribution in [0.25, 0.3) is 11.5 Å². The quantitative estimate of drug-likeness (QED) is 0.328. The molecule has 7 nitrogen and oxygen atoms in total. The Bertz CT molecular complexity index is 1440. The summed E-state index contributed by atoms with van der Waals surface area (Å²) in [5.74, 6) is -1.67. The van der Waals surface area contributed by atoms with Gasteiger partial charge >= 0.3 is 5.97 Å². The summed E-state index contributed by atoms with van der Waals surface area (Å²) in [6.45, 7) is -0.213. The molecule has 33 heavy (non-hydrogen) atoms. The number of rotatable bonds is 4. The third-order valence-electron chi connectivity index (χ3n) is 5.35. The average molecular weight is 442 g/mol. The monoisotopic (exact) mass is 442 g/mol. The van der Waals surface area contributed by atoms with E-state index in [0.29, 0.717) is 16.8 Å². The third kappa shape index (κ3) is 3.47. The van der Waals surface area contributed by atoms with E-state index in [1.54, 1.807) is 24.3 Å². The molecule has 0 saturated heterocycles. The van der Waals surface area contributed by atoms with Crippen molar-refractivity contribution in [3.05, 3.63) is 106 Å². The molecule has 1 heterocycles. The first kappa shape index (κ1) is 20.3. The van der Waals surface area contributed by atoms with Gasteiger partial charge in [0.25, 0.3) is 0 Å². The van der Waals surface area contributed by atoms with Crippen molar-refractivity contribution in [2.24, 2.45) is 0 Å². The van der Waals surface area contributed by atoms with Gasteiger partial charge in [0.05, 0.1) is 16.8 Å². The Kier molecular flexibility index (Phi) is 4.82. The van der Waals surface area contributed by atoms with E-state index in [0.717, 1.165) is 0 Å². The Morgan fingerprint density at radius 2 is 1.64 bits per heavy atom. The second kappa shape index (κ2) is 7.83. The van der Waals surface area contributed by atoms with Crippen LogP contribution in [0.4, 0.5) is 10.1 Å². The SMILES string of the molecule is Nc1c(C(=O)OCc2coc(-c3ccc(F)cc3)n2)ccc2c1C(=O)c1ccccc1C2=O. The Morgan fingerprint density at radius 1 is 0.939 bits per heavy atom. The number of esters is 1. The number of aromatic nitrogens is 1. The summed E-state index contributed by atoms with van der Waals surface area (Å²) >= 11 is 0. The highest BCUT2D eigenvalue weighted by Crippen LogP contribution is 2.33. The Balaban J connectivity index is 1.37. The molecular formula is C25H15FN2O5. The number of halogens is 1. The first-order valence-corrected chi connectivity index (χ1v) is 9.92. The molecule has 0 amide bonds. The smallest absolute Gasteiger partial charge is 0.340 e. The number of ether oxygens (including phenoxy) is 1. The van der Waals surface area contributed by atoms with Gasteiger partial charge in [-0.1, -0.05) is 24.3 Å². The van der Waals surface area contributed by atoms with Gasteiger partial charge in [0.1, 0.15) is 24.4 Å². The predicted molar refractivity (Wildman–Crippen MR) is 115 cm³/mol. The minimum absolute atomic E-state index is 0.00631. The lowest BCUT2D eigenvalue weighted by atomic mass is 9.82. The van der Waals surface area contributed by atoms with Gasteiger partial charge in [-0.05, 0) is 36.4 Å². The fraction of sp³-hybridized carbons (Fsp3) is 0.0400. The molecule has 3 aromatic carbocycles. The molecule has 5 rings (SSSR count). The molecule has 0 fully saturated rings. The molecule has 0 bridgehead atoms. The van der Waals surface area contributed by atoms with Crippen molar-refractivity contribution in [2.45, 2.75) is 6.61 Å². The van der Waals surface area contributed by atoms with Crippen molar-refractivity contribution >= 4 is 23.2 Å². The normalized spacial score (nSPS) is 12.3. The molecule has 4 aromatic rings. The van der Waals surface area contributed by atoms with Crippen molar-refractivity contribution in [1.29, 1.82) is 0 Å². The van der Waals surface area contributed by atoms with Crippen LogP contribution in [0.1, 0.15) is 47.9 Å². The van der Waals surface area contributed by atoms with Crippen LogP contribution in [0.5, 0.6) is 0 Å².